The Labute approximate surface area is 186 Å². The summed E-state index contributed by atoms with van der Waals surface area (Å²) in [5, 5.41) is 13.2. The first-order valence-electron chi connectivity index (χ1n) is 11.1. The molecule has 0 atom stereocenters. The number of halogens is 1. The normalized spacial score (nSPS) is 15.7. The summed E-state index contributed by atoms with van der Waals surface area (Å²) in [6.07, 6.45) is 7.99. The van der Waals surface area contributed by atoms with Gasteiger partial charge in [-0.2, -0.15) is 5.26 Å². The molecule has 3 heterocycles. The minimum Gasteiger partial charge on any atom is -0.361 e. The molecule has 162 valence electrons. The third-order valence-corrected chi connectivity index (χ3v) is 6.57. The van der Waals surface area contributed by atoms with Gasteiger partial charge in [-0.1, -0.05) is 36.6 Å². The van der Waals surface area contributed by atoms with E-state index in [0.29, 0.717) is 24.9 Å². The van der Waals surface area contributed by atoms with Crippen molar-refractivity contribution in [3.63, 3.8) is 0 Å². The molecule has 1 aromatic carbocycles. The average Bonchev–Trinajstić information content (AvgIpc) is 3.33. The molecule has 0 N–H and O–H groups in total. The molecule has 4 aromatic rings. The molecule has 6 heteroatoms. The fourth-order valence-electron chi connectivity index (χ4n) is 4.91. The van der Waals surface area contributed by atoms with E-state index in [2.05, 4.69) is 17.3 Å². The van der Waals surface area contributed by atoms with Crippen LogP contribution in [0.4, 0.5) is 4.39 Å². The largest absolute Gasteiger partial charge is 0.361 e. The molecule has 3 aromatic heterocycles. The summed E-state index contributed by atoms with van der Waals surface area (Å²) in [5.41, 5.74) is 5.67. The van der Waals surface area contributed by atoms with Crippen LogP contribution >= 0.6 is 0 Å². The molecule has 5 nitrogen and oxygen atoms in total. The van der Waals surface area contributed by atoms with E-state index in [1.807, 2.05) is 42.9 Å². The SMILES string of the molecule is Cc1noc(C)c1-c1cnc2c(-c3ccc(C#N)cc3)cn(CC3(F)CCCCC3)c2c1. The van der Waals surface area contributed by atoms with Gasteiger partial charge in [-0.3, -0.25) is 4.98 Å². The first kappa shape index (κ1) is 20.4. The number of hydrogen-bond acceptors (Lipinski definition) is 4. The van der Waals surface area contributed by atoms with Crippen molar-refractivity contribution in [1.82, 2.24) is 14.7 Å². The number of rotatable bonds is 4. The van der Waals surface area contributed by atoms with Gasteiger partial charge in [0.1, 0.15) is 11.4 Å². The van der Waals surface area contributed by atoms with E-state index in [4.69, 9.17) is 14.8 Å². The molecule has 0 spiro atoms. The number of aromatic nitrogens is 3. The highest BCUT2D eigenvalue weighted by Crippen LogP contribution is 2.38. The van der Waals surface area contributed by atoms with E-state index in [9.17, 15) is 0 Å². The topological polar surface area (TPSA) is 67.6 Å². The third-order valence-electron chi connectivity index (χ3n) is 6.57. The maximum absolute atomic E-state index is 15.7. The Morgan fingerprint density at radius 2 is 1.88 bits per heavy atom. The third kappa shape index (κ3) is 3.58. The second kappa shape index (κ2) is 7.90. The van der Waals surface area contributed by atoms with E-state index < -0.39 is 5.67 Å². The molecule has 0 bridgehead atoms. The second-order valence-corrected chi connectivity index (χ2v) is 8.86. The number of pyridine rings is 1. The molecule has 1 aliphatic rings. The molecule has 0 radical (unpaired) electrons. The van der Waals surface area contributed by atoms with Crippen LogP contribution in [-0.2, 0) is 6.54 Å². The number of benzene rings is 1. The standard InChI is InChI=1S/C26H25FN4O/c1-17-24(18(2)32-30-17)21-12-23-25(29-14-21)22(20-8-6-19(13-28)7-9-20)15-31(23)16-26(27)10-4-3-5-11-26/h6-9,12,14-15H,3-5,10-11,16H2,1-2H3. The number of fused-ring (bicyclic) bond motifs is 1. The highest BCUT2D eigenvalue weighted by molar-refractivity contribution is 5.95. The van der Waals surface area contributed by atoms with Gasteiger partial charge in [0.05, 0.1) is 34.9 Å². The minimum absolute atomic E-state index is 0.312. The summed E-state index contributed by atoms with van der Waals surface area (Å²) in [6.45, 7) is 4.11. The summed E-state index contributed by atoms with van der Waals surface area (Å²) >= 11 is 0. The lowest BCUT2D eigenvalue weighted by Crippen LogP contribution is -2.31. The van der Waals surface area contributed by atoms with Gasteiger partial charge in [-0.25, -0.2) is 4.39 Å². The van der Waals surface area contributed by atoms with E-state index >= 15 is 4.39 Å². The summed E-state index contributed by atoms with van der Waals surface area (Å²) in [4.78, 5) is 4.80. The maximum atomic E-state index is 15.7. The van der Waals surface area contributed by atoms with E-state index in [1.54, 1.807) is 12.1 Å². The van der Waals surface area contributed by atoms with Crippen molar-refractivity contribution in [1.29, 1.82) is 5.26 Å². The smallest absolute Gasteiger partial charge is 0.141 e. The van der Waals surface area contributed by atoms with Crippen LogP contribution < -0.4 is 0 Å². The Balaban J connectivity index is 1.66. The lowest BCUT2D eigenvalue weighted by atomic mass is 9.86. The molecular weight excluding hydrogens is 403 g/mol. The van der Waals surface area contributed by atoms with Crippen LogP contribution in [0.3, 0.4) is 0 Å². The Kier molecular flexibility index (Phi) is 5.05. The fourth-order valence-corrected chi connectivity index (χ4v) is 4.91. The van der Waals surface area contributed by atoms with Gasteiger partial charge < -0.3 is 9.09 Å². The van der Waals surface area contributed by atoms with Crippen molar-refractivity contribution in [2.45, 2.75) is 58.2 Å². The predicted octanol–water partition coefficient (Wildman–Crippen LogP) is 6.52. The monoisotopic (exact) mass is 428 g/mol. The van der Waals surface area contributed by atoms with Crippen LogP contribution in [0.15, 0.2) is 47.2 Å². The van der Waals surface area contributed by atoms with Gasteiger partial charge in [0, 0.05) is 29.1 Å². The summed E-state index contributed by atoms with van der Waals surface area (Å²) in [6, 6.07) is 11.7. The zero-order valence-corrected chi connectivity index (χ0v) is 18.4. The van der Waals surface area contributed by atoms with Crippen LogP contribution in [0.25, 0.3) is 33.3 Å². The minimum atomic E-state index is -1.20. The van der Waals surface area contributed by atoms with Crippen molar-refractivity contribution < 1.29 is 8.91 Å². The van der Waals surface area contributed by atoms with Crippen LogP contribution in [0.1, 0.15) is 49.1 Å². The fraction of sp³-hybridized carbons (Fsp3) is 0.346. The lowest BCUT2D eigenvalue weighted by molar-refractivity contribution is 0.0873. The summed E-state index contributed by atoms with van der Waals surface area (Å²) in [5.74, 6) is 0.739. The molecule has 1 saturated carbocycles. The Morgan fingerprint density at radius 1 is 1.12 bits per heavy atom. The zero-order chi connectivity index (χ0) is 22.3. The van der Waals surface area contributed by atoms with Gasteiger partial charge in [-0.15, -0.1) is 0 Å². The number of aryl methyl sites for hydroxylation is 2. The van der Waals surface area contributed by atoms with Gasteiger partial charge in [0.25, 0.3) is 0 Å². The highest BCUT2D eigenvalue weighted by atomic mass is 19.1. The van der Waals surface area contributed by atoms with Gasteiger partial charge >= 0.3 is 0 Å². The van der Waals surface area contributed by atoms with Gasteiger partial charge in [0.15, 0.2) is 0 Å². The van der Waals surface area contributed by atoms with Crippen LogP contribution in [0.2, 0.25) is 0 Å². The average molecular weight is 429 g/mol. The van der Waals surface area contributed by atoms with Crippen molar-refractivity contribution in [3.05, 3.63) is 59.7 Å². The molecule has 1 aliphatic carbocycles. The Bertz CT molecular complexity index is 1300. The second-order valence-electron chi connectivity index (χ2n) is 8.86. The molecule has 0 saturated heterocycles. The maximum Gasteiger partial charge on any atom is 0.141 e. The van der Waals surface area contributed by atoms with Gasteiger partial charge in [-0.05, 0) is 50.5 Å². The van der Waals surface area contributed by atoms with Gasteiger partial charge in [0.2, 0.25) is 0 Å². The number of alkyl halides is 1. The first-order valence-corrected chi connectivity index (χ1v) is 11.1. The van der Waals surface area contributed by atoms with Crippen LogP contribution in [-0.4, -0.2) is 20.4 Å². The van der Waals surface area contributed by atoms with Crippen molar-refractivity contribution in [2.75, 3.05) is 0 Å². The number of nitrogens with zero attached hydrogens (tertiary/aromatic N) is 4. The highest BCUT2D eigenvalue weighted by Gasteiger charge is 2.33. The summed E-state index contributed by atoms with van der Waals surface area (Å²) < 4.78 is 23.1. The quantitative estimate of drug-likeness (QED) is 0.371. The number of nitriles is 1. The molecule has 0 unspecified atom stereocenters. The molecule has 0 aliphatic heterocycles. The Hall–Kier alpha value is -3.46. The predicted molar refractivity (Wildman–Crippen MR) is 122 cm³/mol. The summed E-state index contributed by atoms with van der Waals surface area (Å²) in [7, 11) is 0. The van der Waals surface area contributed by atoms with Crippen LogP contribution in [0.5, 0.6) is 0 Å². The molecule has 32 heavy (non-hydrogen) atoms. The van der Waals surface area contributed by atoms with E-state index in [1.165, 1.54) is 0 Å². The molecule has 1 fully saturated rings. The van der Waals surface area contributed by atoms with Crippen molar-refractivity contribution in [2.24, 2.45) is 0 Å². The van der Waals surface area contributed by atoms with E-state index in [-0.39, 0.29) is 0 Å². The van der Waals surface area contributed by atoms with Crippen molar-refractivity contribution in [3.8, 4) is 28.3 Å². The zero-order valence-electron chi connectivity index (χ0n) is 18.4. The van der Waals surface area contributed by atoms with Crippen molar-refractivity contribution >= 4 is 11.0 Å². The lowest BCUT2D eigenvalue weighted by Gasteiger charge is -2.30. The molecule has 5 rings (SSSR count). The Morgan fingerprint density at radius 3 is 2.53 bits per heavy atom. The number of hydrogen-bond donors (Lipinski definition) is 0. The first-order chi connectivity index (χ1) is 15.5. The van der Waals surface area contributed by atoms with Crippen LogP contribution in [0, 0.1) is 25.2 Å². The molecular formula is C26H25FN4O. The molecule has 0 amide bonds. The van der Waals surface area contributed by atoms with E-state index in [0.717, 1.165) is 64.0 Å².